The van der Waals surface area contributed by atoms with E-state index in [0.29, 0.717) is 36.2 Å². The SMILES string of the molecule is CCc1noc(CC)c1CNC(=NC)NCCNC(=O)c1ccc(Cl)cc1. The first-order valence-corrected chi connectivity index (χ1v) is 9.41. The molecule has 0 aliphatic carbocycles. The van der Waals surface area contributed by atoms with Gasteiger partial charge in [-0.15, -0.1) is 0 Å². The molecule has 1 aromatic heterocycles. The summed E-state index contributed by atoms with van der Waals surface area (Å²) >= 11 is 5.83. The number of carbonyl (C=O) groups is 1. The van der Waals surface area contributed by atoms with Crippen molar-refractivity contribution in [1.82, 2.24) is 21.1 Å². The Morgan fingerprint density at radius 3 is 2.44 bits per heavy atom. The Morgan fingerprint density at radius 1 is 1.11 bits per heavy atom. The Morgan fingerprint density at radius 2 is 1.81 bits per heavy atom. The van der Waals surface area contributed by atoms with Gasteiger partial charge >= 0.3 is 0 Å². The zero-order valence-corrected chi connectivity index (χ0v) is 16.7. The van der Waals surface area contributed by atoms with Crippen molar-refractivity contribution in [3.8, 4) is 0 Å². The molecule has 0 bridgehead atoms. The Labute approximate surface area is 164 Å². The summed E-state index contributed by atoms with van der Waals surface area (Å²) in [5.41, 5.74) is 2.62. The lowest BCUT2D eigenvalue weighted by molar-refractivity contribution is 0.0954. The molecule has 1 heterocycles. The second-order valence-corrected chi connectivity index (χ2v) is 6.29. The van der Waals surface area contributed by atoms with Gasteiger partial charge in [0, 0.05) is 49.3 Å². The number of aliphatic imine (C=N–C) groups is 1. The third-order valence-corrected chi connectivity index (χ3v) is 4.32. The predicted octanol–water partition coefficient (Wildman–Crippen LogP) is 2.55. The number of aromatic nitrogens is 1. The molecule has 0 radical (unpaired) electrons. The minimum Gasteiger partial charge on any atom is -0.361 e. The Balaban J connectivity index is 1.77. The summed E-state index contributed by atoms with van der Waals surface area (Å²) in [6.07, 6.45) is 1.62. The summed E-state index contributed by atoms with van der Waals surface area (Å²) in [6.45, 7) is 5.70. The van der Waals surface area contributed by atoms with Gasteiger partial charge in [0.15, 0.2) is 5.96 Å². The van der Waals surface area contributed by atoms with Crippen LogP contribution in [0.4, 0.5) is 0 Å². The van der Waals surface area contributed by atoms with Crippen LogP contribution in [0.3, 0.4) is 0 Å². The van der Waals surface area contributed by atoms with Crippen molar-refractivity contribution in [3.63, 3.8) is 0 Å². The molecule has 7 nitrogen and oxygen atoms in total. The number of carbonyl (C=O) groups excluding carboxylic acids is 1. The van der Waals surface area contributed by atoms with Crippen LogP contribution in [0.5, 0.6) is 0 Å². The van der Waals surface area contributed by atoms with Gasteiger partial charge in [0.1, 0.15) is 5.76 Å². The number of guanidine groups is 1. The van der Waals surface area contributed by atoms with Gasteiger partial charge in [0.25, 0.3) is 5.91 Å². The molecule has 0 unspecified atom stereocenters. The van der Waals surface area contributed by atoms with Crippen LogP contribution >= 0.6 is 11.6 Å². The maximum absolute atomic E-state index is 12.0. The van der Waals surface area contributed by atoms with E-state index >= 15 is 0 Å². The lowest BCUT2D eigenvalue weighted by atomic mass is 10.1. The standard InChI is InChI=1S/C19H26ClN5O2/c1-4-16-15(17(5-2)27-25-16)12-24-19(21-3)23-11-10-22-18(26)13-6-8-14(20)9-7-13/h6-9H,4-5,10-12H2,1-3H3,(H,22,26)(H2,21,23,24). The van der Waals surface area contributed by atoms with Gasteiger partial charge < -0.3 is 20.5 Å². The molecule has 8 heteroatoms. The van der Waals surface area contributed by atoms with Crippen molar-refractivity contribution >= 4 is 23.5 Å². The smallest absolute Gasteiger partial charge is 0.251 e. The number of hydrogen-bond donors (Lipinski definition) is 3. The predicted molar refractivity (Wildman–Crippen MR) is 107 cm³/mol. The number of hydrogen-bond acceptors (Lipinski definition) is 4. The van der Waals surface area contributed by atoms with Crippen molar-refractivity contribution in [3.05, 3.63) is 51.9 Å². The van der Waals surface area contributed by atoms with Crippen LogP contribution in [0.25, 0.3) is 0 Å². The molecule has 0 atom stereocenters. The van der Waals surface area contributed by atoms with Crippen LogP contribution in [-0.4, -0.2) is 37.2 Å². The largest absolute Gasteiger partial charge is 0.361 e. The summed E-state index contributed by atoms with van der Waals surface area (Å²) in [6, 6.07) is 6.78. The number of benzene rings is 1. The normalized spacial score (nSPS) is 11.3. The molecule has 0 saturated carbocycles. The highest BCUT2D eigenvalue weighted by atomic mass is 35.5. The lowest BCUT2D eigenvalue weighted by Gasteiger charge is -2.12. The van der Waals surface area contributed by atoms with Gasteiger partial charge in [-0.3, -0.25) is 9.79 Å². The highest BCUT2D eigenvalue weighted by Gasteiger charge is 2.13. The van der Waals surface area contributed by atoms with Crippen LogP contribution in [0.15, 0.2) is 33.8 Å². The summed E-state index contributed by atoms with van der Waals surface area (Å²) in [5, 5.41) is 14.0. The minimum atomic E-state index is -0.138. The number of aryl methyl sites for hydroxylation is 2. The molecule has 3 N–H and O–H groups in total. The van der Waals surface area contributed by atoms with Gasteiger partial charge in [-0.2, -0.15) is 0 Å². The van der Waals surface area contributed by atoms with Crippen LogP contribution in [-0.2, 0) is 19.4 Å². The van der Waals surface area contributed by atoms with Gasteiger partial charge in [0.2, 0.25) is 0 Å². The third-order valence-electron chi connectivity index (χ3n) is 4.07. The first-order chi connectivity index (χ1) is 13.1. The first kappa shape index (κ1) is 20.8. The first-order valence-electron chi connectivity index (χ1n) is 9.03. The maximum atomic E-state index is 12.0. The average Bonchev–Trinajstić information content (AvgIpc) is 3.09. The summed E-state index contributed by atoms with van der Waals surface area (Å²) < 4.78 is 5.37. The second kappa shape index (κ2) is 10.6. The molecule has 1 aromatic carbocycles. The Hall–Kier alpha value is -2.54. The van der Waals surface area contributed by atoms with E-state index in [1.165, 1.54) is 0 Å². The Kier molecular flexibility index (Phi) is 8.13. The highest BCUT2D eigenvalue weighted by molar-refractivity contribution is 6.30. The van der Waals surface area contributed by atoms with E-state index < -0.39 is 0 Å². The third kappa shape index (κ3) is 5.99. The molecule has 0 spiro atoms. The van der Waals surface area contributed by atoms with E-state index in [4.69, 9.17) is 16.1 Å². The summed E-state index contributed by atoms with van der Waals surface area (Å²) in [5.74, 6) is 1.41. The molecule has 0 aliphatic rings. The van der Waals surface area contributed by atoms with Crippen molar-refractivity contribution in [1.29, 1.82) is 0 Å². The molecule has 0 aliphatic heterocycles. The molecular formula is C19H26ClN5O2. The molecule has 1 amide bonds. The number of nitrogens with one attached hydrogen (secondary N) is 3. The second-order valence-electron chi connectivity index (χ2n) is 5.85. The monoisotopic (exact) mass is 391 g/mol. The number of amides is 1. The van der Waals surface area contributed by atoms with Crippen molar-refractivity contribution < 1.29 is 9.32 Å². The van der Waals surface area contributed by atoms with Crippen molar-refractivity contribution in [2.45, 2.75) is 33.2 Å². The Bertz CT molecular complexity index is 749. The minimum absolute atomic E-state index is 0.138. The molecule has 146 valence electrons. The topological polar surface area (TPSA) is 91.6 Å². The van der Waals surface area contributed by atoms with Crippen LogP contribution in [0.2, 0.25) is 5.02 Å². The van der Waals surface area contributed by atoms with Gasteiger partial charge in [-0.05, 0) is 30.7 Å². The van der Waals surface area contributed by atoms with Crippen molar-refractivity contribution in [2.75, 3.05) is 20.1 Å². The quantitative estimate of drug-likeness (QED) is 0.365. The van der Waals surface area contributed by atoms with Crippen LogP contribution < -0.4 is 16.0 Å². The molecule has 0 saturated heterocycles. The van der Waals surface area contributed by atoms with E-state index in [0.717, 1.165) is 29.9 Å². The van der Waals surface area contributed by atoms with E-state index in [-0.39, 0.29) is 5.91 Å². The van der Waals surface area contributed by atoms with Crippen LogP contribution in [0, 0.1) is 0 Å². The number of nitrogens with zero attached hydrogens (tertiary/aromatic N) is 2. The zero-order valence-electron chi connectivity index (χ0n) is 15.9. The van der Waals surface area contributed by atoms with E-state index in [1.54, 1.807) is 31.3 Å². The van der Waals surface area contributed by atoms with Crippen LogP contribution in [0.1, 0.15) is 41.2 Å². The molecular weight excluding hydrogens is 366 g/mol. The number of rotatable bonds is 8. The van der Waals surface area contributed by atoms with E-state index in [1.807, 2.05) is 6.92 Å². The number of halogens is 1. The highest BCUT2D eigenvalue weighted by Crippen LogP contribution is 2.15. The molecule has 2 rings (SSSR count). The summed E-state index contributed by atoms with van der Waals surface area (Å²) in [7, 11) is 1.71. The van der Waals surface area contributed by atoms with Gasteiger partial charge in [0.05, 0.1) is 5.69 Å². The van der Waals surface area contributed by atoms with Crippen molar-refractivity contribution in [2.24, 2.45) is 4.99 Å². The molecule has 27 heavy (non-hydrogen) atoms. The maximum Gasteiger partial charge on any atom is 0.251 e. The van der Waals surface area contributed by atoms with E-state index in [2.05, 4.69) is 33.0 Å². The zero-order chi connectivity index (χ0) is 19.6. The fourth-order valence-electron chi connectivity index (χ4n) is 2.59. The van der Waals surface area contributed by atoms with E-state index in [9.17, 15) is 4.79 Å². The lowest BCUT2D eigenvalue weighted by Crippen LogP contribution is -2.41. The van der Waals surface area contributed by atoms with Gasteiger partial charge in [-0.25, -0.2) is 0 Å². The summed E-state index contributed by atoms with van der Waals surface area (Å²) in [4.78, 5) is 16.2. The fraction of sp³-hybridized carbons (Fsp3) is 0.421. The molecule has 0 fully saturated rings. The van der Waals surface area contributed by atoms with Gasteiger partial charge in [-0.1, -0.05) is 30.6 Å². The molecule has 2 aromatic rings. The average molecular weight is 392 g/mol. The fourth-order valence-corrected chi connectivity index (χ4v) is 2.72.